The van der Waals surface area contributed by atoms with Crippen LogP contribution in [0, 0.1) is 0 Å². The van der Waals surface area contributed by atoms with Crippen molar-refractivity contribution < 1.29 is 14.4 Å². The van der Waals surface area contributed by atoms with Crippen molar-refractivity contribution in [3.63, 3.8) is 0 Å². The summed E-state index contributed by atoms with van der Waals surface area (Å²) in [6.45, 7) is -0.174. The number of halogens is 2. The molecule has 0 aliphatic heterocycles. The van der Waals surface area contributed by atoms with Crippen molar-refractivity contribution in [3.8, 4) is 11.3 Å². The van der Waals surface area contributed by atoms with Crippen molar-refractivity contribution >= 4 is 40.9 Å². The van der Waals surface area contributed by atoms with Gasteiger partial charge in [-0.3, -0.25) is 19.5 Å². The Kier molecular flexibility index (Phi) is 7.64. The fourth-order valence-corrected chi connectivity index (χ4v) is 3.15. The molecule has 1 heterocycles. The summed E-state index contributed by atoms with van der Waals surface area (Å²) in [5.74, 6) is -1.37. The van der Waals surface area contributed by atoms with E-state index in [1.807, 2.05) is 30.3 Å². The Bertz CT molecular complexity index is 1070. The van der Waals surface area contributed by atoms with Crippen molar-refractivity contribution in [1.82, 2.24) is 26.1 Å². The van der Waals surface area contributed by atoms with Gasteiger partial charge in [-0.25, -0.2) is 0 Å². The molecule has 160 valence electrons. The quantitative estimate of drug-likeness (QED) is 0.414. The summed E-state index contributed by atoms with van der Waals surface area (Å²) in [4.78, 5) is 35.9. The summed E-state index contributed by atoms with van der Waals surface area (Å²) >= 11 is 11.8. The summed E-state index contributed by atoms with van der Waals surface area (Å²) in [7, 11) is 0. The van der Waals surface area contributed by atoms with E-state index in [4.69, 9.17) is 23.2 Å². The molecule has 2 aromatic carbocycles. The third-order valence-electron chi connectivity index (χ3n) is 4.29. The Morgan fingerprint density at radius 3 is 2.26 bits per heavy atom. The van der Waals surface area contributed by atoms with Gasteiger partial charge in [0.2, 0.25) is 11.8 Å². The highest BCUT2D eigenvalue weighted by atomic mass is 35.5. The SMILES string of the molecule is O=C(CNC(=O)CNC(=O)c1ccc(Cl)cc1Cl)NCc1ccc(-c2ccn[nH]2)cc1. The zero-order valence-corrected chi connectivity index (χ0v) is 17.8. The second-order valence-electron chi connectivity index (χ2n) is 6.53. The van der Waals surface area contributed by atoms with Gasteiger partial charge in [0, 0.05) is 17.8 Å². The van der Waals surface area contributed by atoms with Gasteiger partial charge in [-0.05, 0) is 35.4 Å². The Labute approximate surface area is 188 Å². The van der Waals surface area contributed by atoms with E-state index in [0.717, 1.165) is 16.8 Å². The minimum Gasteiger partial charge on any atom is -0.350 e. The van der Waals surface area contributed by atoms with Crippen LogP contribution in [-0.2, 0) is 16.1 Å². The third-order valence-corrected chi connectivity index (χ3v) is 4.83. The molecule has 0 aliphatic rings. The van der Waals surface area contributed by atoms with Crippen molar-refractivity contribution in [2.24, 2.45) is 0 Å². The van der Waals surface area contributed by atoms with E-state index in [2.05, 4.69) is 26.1 Å². The molecule has 10 heteroatoms. The normalized spacial score (nSPS) is 10.4. The highest BCUT2D eigenvalue weighted by Gasteiger charge is 2.12. The molecule has 0 atom stereocenters. The molecule has 0 bridgehead atoms. The molecule has 1 aromatic heterocycles. The largest absolute Gasteiger partial charge is 0.350 e. The maximum Gasteiger partial charge on any atom is 0.253 e. The average Bonchev–Trinajstić information content (AvgIpc) is 3.30. The van der Waals surface area contributed by atoms with Crippen molar-refractivity contribution in [2.75, 3.05) is 13.1 Å². The van der Waals surface area contributed by atoms with Gasteiger partial charge in [0.1, 0.15) is 0 Å². The molecule has 0 fully saturated rings. The predicted octanol–water partition coefficient (Wildman–Crippen LogP) is 2.55. The maximum atomic E-state index is 12.1. The van der Waals surface area contributed by atoms with Gasteiger partial charge in [-0.1, -0.05) is 47.5 Å². The smallest absolute Gasteiger partial charge is 0.253 e. The molecule has 0 radical (unpaired) electrons. The number of carbonyl (C=O) groups excluding carboxylic acids is 3. The van der Waals surface area contributed by atoms with Crippen LogP contribution in [0.3, 0.4) is 0 Å². The lowest BCUT2D eigenvalue weighted by atomic mass is 10.1. The number of nitrogens with zero attached hydrogens (tertiary/aromatic N) is 1. The van der Waals surface area contributed by atoms with Gasteiger partial charge in [0.05, 0.1) is 29.4 Å². The summed E-state index contributed by atoms with van der Waals surface area (Å²) in [5.41, 5.74) is 3.01. The number of hydrogen-bond donors (Lipinski definition) is 4. The lowest BCUT2D eigenvalue weighted by molar-refractivity contribution is -0.125. The first-order chi connectivity index (χ1) is 14.9. The van der Waals surface area contributed by atoms with E-state index in [0.29, 0.717) is 11.6 Å². The highest BCUT2D eigenvalue weighted by Crippen LogP contribution is 2.20. The standard InChI is InChI=1S/C21H19Cl2N5O3/c22-15-5-6-16(17(23)9-15)21(31)26-12-20(30)25-11-19(29)24-10-13-1-3-14(4-2-13)18-7-8-27-28-18/h1-9H,10-12H2,(H,24,29)(H,25,30)(H,26,31)(H,27,28). The second-order valence-corrected chi connectivity index (χ2v) is 7.37. The first-order valence-electron chi connectivity index (χ1n) is 9.27. The third kappa shape index (κ3) is 6.56. The number of benzene rings is 2. The summed E-state index contributed by atoms with van der Waals surface area (Å²) < 4.78 is 0. The second kappa shape index (κ2) is 10.6. The first kappa shape index (κ1) is 22.3. The van der Waals surface area contributed by atoms with Gasteiger partial charge in [0.25, 0.3) is 5.91 Å². The van der Waals surface area contributed by atoms with E-state index in [9.17, 15) is 14.4 Å². The monoisotopic (exact) mass is 459 g/mol. The number of hydrogen-bond acceptors (Lipinski definition) is 4. The molecule has 4 N–H and O–H groups in total. The van der Waals surface area contributed by atoms with Gasteiger partial charge in [-0.2, -0.15) is 5.10 Å². The zero-order chi connectivity index (χ0) is 22.2. The topological polar surface area (TPSA) is 116 Å². The molecule has 3 aromatic rings. The van der Waals surface area contributed by atoms with Gasteiger partial charge >= 0.3 is 0 Å². The van der Waals surface area contributed by atoms with E-state index < -0.39 is 11.8 Å². The molecule has 8 nitrogen and oxygen atoms in total. The van der Waals surface area contributed by atoms with Gasteiger partial charge < -0.3 is 16.0 Å². The number of rotatable bonds is 8. The van der Waals surface area contributed by atoms with E-state index >= 15 is 0 Å². The van der Waals surface area contributed by atoms with Crippen LogP contribution in [0.4, 0.5) is 0 Å². The van der Waals surface area contributed by atoms with Crippen LogP contribution in [0.25, 0.3) is 11.3 Å². The van der Waals surface area contributed by atoms with Crippen molar-refractivity contribution in [2.45, 2.75) is 6.54 Å². The predicted molar refractivity (Wildman–Crippen MR) is 118 cm³/mol. The Balaban J connectivity index is 1.37. The summed E-state index contributed by atoms with van der Waals surface area (Å²) in [6, 6.07) is 13.9. The molecule has 0 saturated carbocycles. The number of amides is 3. The lowest BCUT2D eigenvalue weighted by Gasteiger charge is -2.09. The molecule has 0 spiro atoms. The maximum absolute atomic E-state index is 12.1. The Hall–Kier alpha value is -3.36. The number of aromatic nitrogens is 2. The van der Waals surface area contributed by atoms with E-state index in [-0.39, 0.29) is 29.6 Å². The number of carbonyl (C=O) groups is 3. The Morgan fingerprint density at radius 1 is 0.871 bits per heavy atom. The van der Waals surface area contributed by atoms with Gasteiger partial charge in [0.15, 0.2) is 0 Å². The highest BCUT2D eigenvalue weighted by molar-refractivity contribution is 6.36. The minimum absolute atomic E-state index is 0.183. The zero-order valence-electron chi connectivity index (χ0n) is 16.2. The molecule has 3 rings (SSSR count). The van der Waals surface area contributed by atoms with E-state index in [1.54, 1.807) is 6.20 Å². The van der Waals surface area contributed by atoms with Crippen LogP contribution in [0.1, 0.15) is 15.9 Å². The molecule has 0 unspecified atom stereocenters. The summed E-state index contributed by atoms with van der Waals surface area (Å²) in [6.07, 6.45) is 1.68. The lowest BCUT2D eigenvalue weighted by Crippen LogP contribution is -2.41. The summed E-state index contributed by atoms with van der Waals surface area (Å²) in [5, 5.41) is 15.0. The minimum atomic E-state index is -0.514. The van der Waals surface area contributed by atoms with Crippen LogP contribution in [0.15, 0.2) is 54.7 Å². The Morgan fingerprint density at radius 2 is 1.58 bits per heavy atom. The number of aromatic amines is 1. The van der Waals surface area contributed by atoms with Gasteiger partial charge in [-0.15, -0.1) is 0 Å². The molecular formula is C21H19Cl2N5O3. The fraction of sp³-hybridized carbons (Fsp3) is 0.143. The van der Waals surface area contributed by atoms with E-state index in [1.165, 1.54) is 18.2 Å². The van der Waals surface area contributed by atoms with Crippen molar-refractivity contribution in [3.05, 3.63) is 75.9 Å². The first-order valence-corrected chi connectivity index (χ1v) is 10.0. The molecular weight excluding hydrogens is 441 g/mol. The molecule has 3 amide bonds. The van der Waals surface area contributed by atoms with Crippen LogP contribution in [0.2, 0.25) is 10.0 Å². The van der Waals surface area contributed by atoms with Crippen LogP contribution >= 0.6 is 23.2 Å². The number of nitrogens with one attached hydrogen (secondary N) is 4. The van der Waals surface area contributed by atoms with Crippen LogP contribution < -0.4 is 16.0 Å². The van der Waals surface area contributed by atoms with Crippen LogP contribution in [-0.4, -0.2) is 41.0 Å². The molecule has 31 heavy (non-hydrogen) atoms. The fourth-order valence-electron chi connectivity index (χ4n) is 2.65. The molecule has 0 aliphatic carbocycles. The average molecular weight is 460 g/mol. The van der Waals surface area contributed by atoms with Crippen molar-refractivity contribution in [1.29, 1.82) is 0 Å². The molecule has 0 saturated heterocycles. The number of H-pyrrole nitrogens is 1. The van der Waals surface area contributed by atoms with Crippen LogP contribution in [0.5, 0.6) is 0 Å².